The van der Waals surface area contributed by atoms with E-state index < -0.39 is 17.6 Å². The molecule has 2 aromatic carbocycles. The fraction of sp³-hybridized carbons (Fsp3) is 0.167. The first-order chi connectivity index (χ1) is 11.5. The van der Waals surface area contributed by atoms with Crippen LogP contribution in [0.4, 0.5) is 10.1 Å². The molecule has 2 amide bonds. The summed E-state index contributed by atoms with van der Waals surface area (Å²) < 4.78 is 19.6. The van der Waals surface area contributed by atoms with Gasteiger partial charge in [0.1, 0.15) is 5.82 Å². The average Bonchev–Trinajstić information content (AvgIpc) is 2.84. The molecule has 0 atom stereocenters. The molecular weight excluding hydrogens is 347 g/mol. The van der Waals surface area contributed by atoms with E-state index >= 15 is 0 Å². The first kappa shape index (κ1) is 18.6. The Morgan fingerprint density at radius 1 is 1.12 bits per heavy atom. The third kappa shape index (κ3) is 3.25. The van der Waals surface area contributed by atoms with Gasteiger partial charge in [-0.3, -0.25) is 15.0 Å². The van der Waals surface area contributed by atoms with Gasteiger partial charge in [-0.25, -0.2) is 9.29 Å². The van der Waals surface area contributed by atoms with Gasteiger partial charge in [-0.05, 0) is 36.8 Å². The predicted molar refractivity (Wildman–Crippen MR) is 94.3 cm³/mol. The van der Waals surface area contributed by atoms with Gasteiger partial charge in [-0.2, -0.15) is 0 Å². The second kappa shape index (κ2) is 7.44. The van der Waals surface area contributed by atoms with Gasteiger partial charge >= 0.3 is 0 Å². The van der Waals surface area contributed by atoms with Crippen LogP contribution in [0.3, 0.4) is 0 Å². The summed E-state index contributed by atoms with van der Waals surface area (Å²) in [5, 5.41) is 7.76. The Labute approximate surface area is 150 Å². The van der Waals surface area contributed by atoms with Gasteiger partial charge in [0, 0.05) is 5.56 Å². The molecule has 0 aliphatic carbocycles. The summed E-state index contributed by atoms with van der Waals surface area (Å²) in [6.07, 6.45) is 0.734. The highest BCUT2D eigenvalue weighted by molar-refractivity contribution is 6.34. The Balaban J connectivity index is 0.00000225. The standard InChI is InChI=1S/C18H15FN2O3.ClH/c1-2-9-24-16(20)11-7-8-15(14(19)10-11)21-17(22)12-5-3-4-6-13(12)18(21)23;/h3-8,10,20H,2,9H2,1H3;1H. The van der Waals surface area contributed by atoms with Gasteiger partial charge in [-0.15, -0.1) is 12.4 Å². The van der Waals surface area contributed by atoms with Crippen molar-refractivity contribution < 1.29 is 18.7 Å². The number of rotatable bonds is 4. The van der Waals surface area contributed by atoms with Crippen molar-refractivity contribution in [2.75, 3.05) is 11.5 Å². The quantitative estimate of drug-likeness (QED) is 0.511. The number of carbonyl (C=O) groups excluding carboxylic acids is 2. The molecule has 0 saturated carbocycles. The maximum absolute atomic E-state index is 14.5. The molecule has 130 valence electrons. The summed E-state index contributed by atoms with van der Waals surface area (Å²) in [6, 6.07) is 10.2. The number of fused-ring (bicyclic) bond motifs is 1. The van der Waals surface area contributed by atoms with Crippen molar-refractivity contribution in [1.29, 1.82) is 5.41 Å². The summed E-state index contributed by atoms with van der Waals surface area (Å²) in [5.74, 6) is -2.02. The van der Waals surface area contributed by atoms with E-state index in [1.54, 1.807) is 12.1 Å². The number of carbonyl (C=O) groups is 2. The molecule has 0 unspecified atom stereocenters. The summed E-state index contributed by atoms with van der Waals surface area (Å²) in [4.78, 5) is 25.6. The summed E-state index contributed by atoms with van der Waals surface area (Å²) in [6.45, 7) is 2.26. The largest absolute Gasteiger partial charge is 0.478 e. The smallest absolute Gasteiger partial charge is 0.266 e. The van der Waals surface area contributed by atoms with Crippen LogP contribution in [0.15, 0.2) is 42.5 Å². The third-order valence-electron chi connectivity index (χ3n) is 3.70. The third-order valence-corrected chi connectivity index (χ3v) is 3.70. The van der Waals surface area contributed by atoms with Gasteiger partial charge < -0.3 is 4.74 Å². The van der Waals surface area contributed by atoms with Gasteiger partial charge in [0.15, 0.2) is 0 Å². The summed E-state index contributed by atoms with van der Waals surface area (Å²) >= 11 is 0. The van der Waals surface area contributed by atoms with Crippen LogP contribution in [0.2, 0.25) is 0 Å². The van der Waals surface area contributed by atoms with Crippen LogP contribution in [0.1, 0.15) is 39.6 Å². The molecular formula is C18H16ClFN2O3. The van der Waals surface area contributed by atoms with E-state index in [9.17, 15) is 14.0 Å². The minimum atomic E-state index is -0.758. The molecule has 1 aliphatic heterocycles. The van der Waals surface area contributed by atoms with Crippen molar-refractivity contribution in [3.63, 3.8) is 0 Å². The average molecular weight is 363 g/mol. The number of hydrogen-bond donors (Lipinski definition) is 1. The zero-order valence-electron chi connectivity index (χ0n) is 13.4. The summed E-state index contributed by atoms with van der Waals surface area (Å²) in [7, 11) is 0. The van der Waals surface area contributed by atoms with E-state index in [0.717, 1.165) is 17.4 Å². The number of benzene rings is 2. The lowest BCUT2D eigenvalue weighted by atomic mass is 10.1. The summed E-state index contributed by atoms with van der Waals surface area (Å²) in [5.41, 5.74) is 0.629. The Morgan fingerprint density at radius 3 is 2.24 bits per heavy atom. The zero-order chi connectivity index (χ0) is 17.3. The molecule has 7 heteroatoms. The number of nitrogens with zero attached hydrogens (tertiary/aromatic N) is 1. The second-order valence-electron chi connectivity index (χ2n) is 5.34. The zero-order valence-corrected chi connectivity index (χ0v) is 14.2. The molecule has 5 nitrogen and oxygen atoms in total. The Morgan fingerprint density at radius 2 is 1.72 bits per heavy atom. The van der Waals surface area contributed by atoms with E-state index in [-0.39, 0.29) is 40.7 Å². The highest BCUT2D eigenvalue weighted by atomic mass is 35.5. The Kier molecular flexibility index (Phi) is 5.54. The number of ether oxygens (including phenoxy) is 1. The molecule has 2 aromatic rings. The first-order valence-electron chi connectivity index (χ1n) is 7.53. The van der Waals surface area contributed by atoms with Crippen molar-refractivity contribution in [2.24, 2.45) is 0 Å². The minimum absolute atomic E-state index is 0. The van der Waals surface area contributed by atoms with Crippen molar-refractivity contribution in [3.05, 3.63) is 65.0 Å². The highest BCUT2D eigenvalue weighted by Gasteiger charge is 2.37. The molecule has 1 aliphatic rings. The van der Waals surface area contributed by atoms with Crippen LogP contribution < -0.4 is 4.90 Å². The monoisotopic (exact) mass is 362 g/mol. The van der Waals surface area contributed by atoms with Gasteiger partial charge in [-0.1, -0.05) is 19.1 Å². The van der Waals surface area contributed by atoms with Crippen LogP contribution >= 0.6 is 12.4 Å². The topological polar surface area (TPSA) is 70.5 Å². The van der Waals surface area contributed by atoms with E-state index in [0.29, 0.717) is 6.61 Å². The fourth-order valence-corrected chi connectivity index (χ4v) is 2.52. The predicted octanol–water partition coefficient (Wildman–Crippen LogP) is 3.80. The normalized spacial score (nSPS) is 12.6. The molecule has 0 spiro atoms. The molecule has 0 bridgehead atoms. The number of nitrogens with one attached hydrogen (secondary N) is 1. The number of amides is 2. The Bertz CT molecular complexity index is 819. The van der Waals surface area contributed by atoms with Gasteiger partial charge in [0.2, 0.25) is 5.90 Å². The second-order valence-corrected chi connectivity index (χ2v) is 5.34. The molecule has 1 N–H and O–H groups in total. The minimum Gasteiger partial charge on any atom is -0.478 e. The molecule has 0 fully saturated rings. The van der Waals surface area contributed by atoms with Gasteiger partial charge in [0.25, 0.3) is 11.8 Å². The lowest BCUT2D eigenvalue weighted by molar-refractivity contribution is 0.0925. The van der Waals surface area contributed by atoms with Crippen LogP contribution in [-0.2, 0) is 4.74 Å². The maximum Gasteiger partial charge on any atom is 0.266 e. The Hall–Kier alpha value is -2.73. The van der Waals surface area contributed by atoms with Crippen molar-refractivity contribution >= 4 is 35.8 Å². The number of halogens is 2. The fourth-order valence-electron chi connectivity index (χ4n) is 2.52. The van der Waals surface area contributed by atoms with Crippen LogP contribution in [0.5, 0.6) is 0 Å². The molecule has 0 radical (unpaired) electrons. The van der Waals surface area contributed by atoms with E-state index in [1.165, 1.54) is 24.3 Å². The molecule has 0 saturated heterocycles. The first-order valence-corrected chi connectivity index (χ1v) is 7.53. The van der Waals surface area contributed by atoms with Crippen LogP contribution in [-0.4, -0.2) is 24.3 Å². The van der Waals surface area contributed by atoms with Gasteiger partial charge in [0.05, 0.1) is 23.4 Å². The SMILES string of the molecule is CCCOC(=N)c1ccc(N2C(=O)c3ccccc3C2=O)c(F)c1.Cl. The lowest BCUT2D eigenvalue weighted by Gasteiger charge is -2.15. The van der Waals surface area contributed by atoms with Crippen molar-refractivity contribution in [2.45, 2.75) is 13.3 Å². The van der Waals surface area contributed by atoms with Crippen LogP contribution in [0, 0.1) is 11.2 Å². The lowest BCUT2D eigenvalue weighted by Crippen LogP contribution is -2.30. The molecule has 1 heterocycles. The molecule has 3 rings (SSSR count). The van der Waals surface area contributed by atoms with Crippen molar-refractivity contribution in [3.8, 4) is 0 Å². The number of anilines is 1. The number of imide groups is 1. The number of hydrogen-bond acceptors (Lipinski definition) is 4. The van der Waals surface area contributed by atoms with E-state index in [2.05, 4.69) is 0 Å². The molecule has 0 aromatic heterocycles. The van der Waals surface area contributed by atoms with E-state index in [1.807, 2.05) is 6.92 Å². The molecule has 25 heavy (non-hydrogen) atoms. The van der Waals surface area contributed by atoms with Crippen LogP contribution in [0.25, 0.3) is 0 Å². The van der Waals surface area contributed by atoms with Crippen molar-refractivity contribution in [1.82, 2.24) is 0 Å². The van der Waals surface area contributed by atoms with E-state index in [4.69, 9.17) is 10.1 Å². The highest BCUT2D eigenvalue weighted by Crippen LogP contribution is 2.30. The maximum atomic E-state index is 14.5.